The van der Waals surface area contributed by atoms with E-state index in [9.17, 15) is 0 Å². The van der Waals surface area contributed by atoms with Gasteiger partial charge in [0.2, 0.25) is 0 Å². The summed E-state index contributed by atoms with van der Waals surface area (Å²) in [5.74, 6) is 2.34. The highest BCUT2D eigenvalue weighted by molar-refractivity contribution is 5.02. The Bertz CT molecular complexity index is 311. The van der Waals surface area contributed by atoms with Crippen molar-refractivity contribution in [1.29, 1.82) is 0 Å². The maximum Gasteiger partial charge on any atom is 0.198 e. The number of oxazole rings is 1. The number of aromatic nitrogens is 1. The number of likely N-dealkylation sites (tertiary alicyclic amines) is 1. The second-order valence-electron chi connectivity index (χ2n) is 4.07. The Morgan fingerprint density at radius 1 is 1.67 bits per heavy atom. The maximum absolute atomic E-state index is 5.70. The third-order valence-corrected chi connectivity index (χ3v) is 2.99. The van der Waals surface area contributed by atoms with Crippen LogP contribution in [0.5, 0.6) is 0 Å². The van der Waals surface area contributed by atoms with Crippen molar-refractivity contribution in [1.82, 2.24) is 15.2 Å². The molecule has 15 heavy (non-hydrogen) atoms. The number of nitrogens with zero attached hydrogens (tertiary/aromatic N) is 2. The van der Waals surface area contributed by atoms with Crippen molar-refractivity contribution in [3.05, 3.63) is 17.8 Å². The lowest BCUT2D eigenvalue weighted by atomic mass is 10.1. The van der Waals surface area contributed by atoms with Gasteiger partial charge in [0, 0.05) is 12.5 Å². The van der Waals surface area contributed by atoms with E-state index in [0.29, 0.717) is 5.92 Å². The smallest absolute Gasteiger partial charge is 0.198 e. The molecule has 0 spiro atoms. The summed E-state index contributed by atoms with van der Waals surface area (Å²) in [6.45, 7) is 6.35. The Kier molecular flexibility index (Phi) is 3.38. The Morgan fingerprint density at radius 2 is 2.53 bits per heavy atom. The molecule has 2 heterocycles. The van der Waals surface area contributed by atoms with E-state index >= 15 is 0 Å². The largest absolute Gasteiger partial charge is 0.444 e. The normalized spacial score (nSPS) is 22.4. The van der Waals surface area contributed by atoms with Crippen molar-refractivity contribution in [3.8, 4) is 0 Å². The van der Waals surface area contributed by atoms with Crippen molar-refractivity contribution in [2.45, 2.75) is 25.8 Å². The molecule has 0 bridgehead atoms. The first-order chi connectivity index (χ1) is 7.33. The molecule has 1 aliphatic rings. The second-order valence-corrected chi connectivity index (χ2v) is 4.07. The molecule has 4 heteroatoms. The van der Waals surface area contributed by atoms with Gasteiger partial charge in [-0.25, -0.2) is 4.98 Å². The van der Waals surface area contributed by atoms with Gasteiger partial charge in [0.1, 0.15) is 5.76 Å². The fourth-order valence-electron chi connectivity index (χ4n) is 2.09. The van der Waals surface area contributed by atoms with E-state index in [0.717, 1.165) is 31.3 Å². The minimum Gasteiger partial charge on any atom is -0.444 e. The molecule has 4 nitrogen and oxygen atoms in total. The molecule has 1 atom stereocenters. The third kappa shape index (κ3) is 2.38. The lowest BCUT2D eigenvalue weighted by Crippen LogP contribution is -2.19. The molecule has 1 unspecified atom stereocenters. The Hall–Kier alpha value is -0.870. The van der Waals surface area contributed by atoms with E-state index in [1.54, 1.807) is 0 Å². The van der Waals surface area contributed by atoms with Crippen LogP contribution in [0, 0.1) is 0 Å². The standard InChI is InChI=1S/C11H19N3O/c1-3-14-5-4-9(8-14)11-13-7-10(15-11)6-12-2/h7,9,12H,3-6,8H2,1-2H3. The van der Waals surface area contributed by atoms with Gasteiger partial charge in [0.05, 0.1) is 12.7 Å². The Morgan fingerprint density at radius 3 is 3.20 bits per heavy atom. The molecule has 0 saturated carbocycles. The molecule has 1 fully saturated rings. The highest BCUT2D eigenvalue weighted by atomic mass is 16.4. The van der Waals surface area contributed by atoms with E-state index in [1.165, 1.54) is 13.0 Å². The average molecular weight is 209 g/mol. The highest BCUT2D eigenvalue weighted by Gasteiger charge is 2.26. The van der Waals surface area contributed by atoms with Crippen LogP contribution in [0.25, 0.3) is 0 Å². The zero-order valence-electron chi connectivity index (χ0n) is 9.49. The molecule has 1 aliphatic heterocycles. The molecule has 1 aromatic heterocycles. The summed E-state index contributed by atoms with van der Waals surface area (Å²) >= 11 is 0. The van der Waals surface area contributed by atoms with Crippen molar-refractivity contribution in [3.63, 3.8) is 0 Å². The van der Waals surface area contributed by atoms with Crippen molar-refractivity contribution in [2.24, 2.45) is 0 Å². The molecule has 1 N–H and O–H groups in total. The van der Waals surface area contributed by atoms with Crippen LogP contribution in [0.3, 0.4) is 0 Å². The summed E-state index contributed by atoms with van der Waals surface area (Å²) in [6, 6.07) is 0. The predicted molar refractivity (Wildman–Crippen MR) is 58.7 cm³/mol. The van der Waals surface area contributed by atoms with E-state index in [-0.39, 0.29) is 0 Å². The topological polar surface area (TPSA) is 41.3 Å². The second kappa shape index (κ2) is 4.77. The Balaban J connectivity index is 1.97. The fraction of sp³-hybridized carbons (Fsp3) is 0.727. The molecule has 1 aromatic rings. The molecule has 2 rings (SSSR count). The summed E-state index contributed by atoms with van der Waals surface area (Å²) < 4.78 is 5.70. The quantitative estimate of drug-likeness (QED) is 0.809. The van der Waals surface area contributed by atoms with Crippen LogP contribution >= 0.6 is 0 Å². The fourth-order valence-corrected chi connectivity index (χ4v) is 2.09. The number of nitrogens with one attached hydrogen (secondary N) is 1. The van der Waals surface area contributed by atoms with E-state index < -0.39 is 0 Å². The van der Waals surface area contributed by atoms with Crippen LogP contribution in [-0.4, -0.2) is 36.6 Å². The number of hydrogen-bond acceptors (Lipinski definition) is 4. The first-order valence-electron chi connectivity index (χ1n) is 5.65. The van der Waals surface area contributed by atoms with Crippen LogP contribution in [0.15, 0.2) is 10.6 Å². The summed E-state index contributed by atoms with van der Waals surface area (Å²) in [6.07, 6.45) is 3.01. The number of likely N-dealkylation sites (N-methyl/N-ethyl adjacent to an activating group) is 1. The van der Waals surface area contributed by atoms with Gasteiger partial charge in [-0.05, 0) is 26.6 Å². The van der Waals surface area contributed by atoms with E-state index in [4.69, 9.17) is 4.42 Å². The average Bonchev–Trinajstić information content (AvgIpc) is 2.85. The van der Waals surface area contributed by atoms with Crippen LogP contribution < -0.4 is 5.32 Å². The van der Waals surface area contributed by atoms with Crippen molar-refractivity contribution >= 4 is 0 Å². The minimum atomic E-state index is 0.496. The molecule has 1 saturated heterocycles. The van der Waals surface area contributed by atoms with Gasteiger partial charge in [-0.1, -0.05) is 6.92 Å². The van der Waals surface area contributed by atoms with Gasteiger partial charge in [0.15, 0.2) is 5.89 Å². The SMILES string of the molecule is CCN1CCC(c2ncc(CNC)o2)C1. The van der Waals surface area contributed by atoms with Crippen molar-refractivity contribution < 1.29 is 4.42 Å². The van der Waals surface area contributed by atoms with Gasteiger partial charge in [-0.15, -0.1) is 0 Å². The monoisotopic (exact) mass is 209 g/mol. The van der Waals surface area contributed by atoms with Crippen LogP contribution in [0.1, 0.15) is 30.9 Å². The van der Waals surface area contributed by atoms with Gasteiger partial charge in [0.25, 0.3) is 0 Å². The summed E-state index contributed by atoms with van der Waals surface area (Å²) in [5, 5.41) is 3.06. The number of hydrogen-bond donors (Lipinski definition) is 1. The number of rotatable bonds is 4. The van der Waals surface area contributed by atoms with Crippen molar-refractivity contribution in [2.75, 3.05) is 26.7 Å². The zero-order valence-corrected chi connectivity index (χ0v) is 9.49. The summed E-state index contributed by atoms with van der Waals surface area (Å²) in [7, 11) is 1.91. The van der Waals surface area contributed by atoms with E-state index in [2.05, 4.69) is 22.1 Å². The molecule has 0 radical (unpaired) electrons. The Labute approximate surface area is 90.7 Å². The van der Waals surface area contributed by atoms with Crippen LogP contribution in [0.2, 0.25) is 0 Å². The lowest BCUT2D eigenvalue weighted by Gasteiger charge is -2.10. The van der Waals surface area contributed by atoms with Gasteiger partial charge < -0.3 is 14.6 Å². The van der Waals surface area contributed by atoms with Crippen LogP contribution in [0.4, 0.5) is 0 Å². The molecule has 84 valence electrons. The molecular weight excluding hydrogens is 190 g/mol. The first kappa shape index (κ1) is 10.6. The van der Waals surface area contributed by atoms with Crippen LogP contribution in [-0.2, 0) is 6.54 Å². The summed E-state index contributed by atoms with van der Waals surface area (Å²) in [4.78, 5) is 6.79. The first-order valence-corrected chi connectivity index (χ1v) is 5.65. The zero-order chi connectivity index (χ0) is 10.7. The minimum absolute atomic E-state index is 0.496. The lowest BCUT2D eigenvalue weighted by molar-refractivity contribution is 0.341. The van der Waals surface area contributed by atoms with Gasteiger partial charge >= 0.3 is 0 Å². The third-order valence-electron chi connectivity index (χ3n) is 2.99. The molecular formula is C11H19N3O. The predicted octanol–water partition coefficient (Wildman–Crippen LogP) is 1.20. The molecule has 0 aliphatic carbocycles. The van der Waals surface area contributed by atoms with Gasteiger partial charge in [-0.3, -0.25) is 0 Å². The highest BCUT2D eigenvalue weighted by Crippen LogP contribution is 2.26. The van der Waals surface area contributed by atoms with Gasteiger partial charge in [-0.2, -0.15) is 0 Å². The molecule has 0 aromatic carbocycles. The summed E-state index contributed by atoms with van der Waals surface area (Å²) in [5.41, 5.74) is 0. The molecule has 0 amide bonds. The van der Waals surface area contributed by atoms with E-state index in [1.807, 2.05) is 13.2 Å². The maximum atomic E-state index is 5.70.